The lowest BCUT2D eigenvalue weighted by molar-refractivity contribution is -0.137. The molecule has 0 saturated heterocycles. The van der Waals surface area contributed by atoms with E-state index in [1.807, 2.05) is 0 Å². The van der Waals surface area contributed by atoms with Crippen molar-refractivity contribution in [2.75, 3.05) is 4.31 Å². The quantitative estimate of drug-likeness (QED) is 0.327. The zero-order chi connectivity index (χ0) is 25.5. The van der Waals surface area contributed by atoms with Crippen LogP contribution in [-0.4, -0.2) is 25.7 Å². The Hall–Kier alpha value is -2.88. The summed E-state index contributed by atoms with van der Waals surface area (Å²) in [7, 11) is -4.47. The summed E-state index contributed by atoms with van der Waals surface area (Å²) in [4.78, 5) is -0.543. The van der Waals surface area contributed by atoms with Crippen molar-refractivity contribution in [2.45, 2.75) is 36.6 Å². The van der Waals surface area contributed by atoms with Crippen LogP contribution in [0.15, 0.2) is 65.6 Å². The van der Waals surface area contributed by atoms with Crippen molar-refractivity contribution in [2.24, 2.45) is 0 Å². The van der Waals surface area contributed by atoms with Crippen LogP contribution in [0.2, 0.25) is 5.02 Å². The van der Waals surface area contributed by atoms with E-state index < -0.39 is 44.6 Å². The van der Waals surface area contributed by atoms with Crippen LogP contribution in [0.4, 0.5) is 23.2 Å². The summed E-state index contributed by atoms with van der Waals surface area (Å²) in [6, 6.07) is 11.6. The third kappa shape index (κ3) is 4.94. The molecule has 0 aromatic heterocycles. The summed E-state index contributed by atoms with van der Waals surface area (Å²) in [5.41, 5.74) is 0.302. The molecule has 0 saturated carbocycles. The fraction of sp³-hybridized carbons (Fsp3) is 0.200. The number of hydrogen-bond donors (Lipinski definition) is 1. The first-order chi connectivity index (χ1) is 16.4. The van der Waals surface area contributed by atoms with E-state index in [2.05, 4.69) is 0 Å². The molecule has 35 heavy (non-hydrogen) atoms. The van der Waals surface area contributed by atoms with Crippen LogP contribution in [0.5, 0.6) is 0 Å². The van der Waals surface area contributed by atoms with Gasteiger partial charge in [0.1, 0.15) is 5.82 Å². The molecule has 10 heteroatoms. The average Bonchev–Trinajstić information content (AvgIpc) is 2.79. The van der Waals surface area contributed by atoms with E-state index >= 15 is 0 Å². The van der Waals surface area contributed by atoms with E-state index in [9.17, 15) is 31.1 Å². The first-order valence-corrected chi connectivity index (χ1v) is 12.4. The Bertz CT molecular complexity index is 1390. The maximum atomic E-state index is 14.1. The number of halogens is 5. The fourth-order valence-corrected chi connectivity index (χ4v) is 5.96. The SMILES string of the molecule is C[C@@H]1[C@@H](O)Cc2ccc(/C=C/c3c(F)cccc3Cl)cc2N1S(=O)(=O)c1cccc(C(F)(F)F)c1. The van der Waals surface area contributed by atoms with Gasteiger partial charge in [0.15, 0.2) is 0 Å². The number of rotatable bonds is 4. The molecule has 0 bridgehead atoms. The van der Waals surface area contributed by atoms with Crippen LogP contribution in [0.25, 0.3) is 12.2 Å². The summed E-state index contributed by atoms with van der Waals surface area (Å²) in [5, 5.41) is 10.7. The highest BCUT2D eigenvalue weighted by Gasteiger charge is 2.39. The highest BCUT2D eigenvalue weighted by Crippen LogP contribution is 2.38. The van der Waals surface area contributed by atoms with Crippen molar-refractivity contribution >= 4 is 39.5 Å². The molecule has 0 fully saturated rings. The number of sulfonamides is 1. The lowest BCUT2D eigenvalue weighted by Crippen LogP contribution is -2.49. The van der Waals surface area contributed by atoms with Gasteiger partial charge in [0.25, 0.3) is 10.0 Å². The van der Waals surface area contributed by atoms with Crippen molar-refractivity contribution < 1.29 is 31.1 Å². The molecule has 1 heterocycles. The molecular formula is C25H20ClF4NO3S. The van der Waals surface area contributed by atoms with Crippen LogP contribution < -0.4 is 4.31 Å². The Balaban J connectivity index is 1.80. The lowest BCUT2D eigenvalue weighted by Gasteiger charge is -2.39. The largest absolute Gasteiger partial charge is 0.416 e. The first kappa shape index (κ1) is 25.2. The van der Waals surface area contributed by atoms with Crippen molar-refractivity contribution in [3.05, 3.63) is 93.8 Å². The topological polar surface area (TPSA) is 57.6 Å². The normalized spacial score (nSPS) is 18.7. The molecule has 4 nitrogen and oxygen atoms in total. The van der Waals surface area contributed by atoms with Gasteiger partial charge in [-0.1, -0.05) is 41.9 Å². The summed E-state index contributed by atoms with van der Waals surface area (Å²) in [6.45, 7) is 1.49. The van der Waals surface area contributed by atoms with E-state index in [1.54, 1.807) is 18.2 Å². The smallest absolute Gasteiger partial charge is 0.391 e. The van der Waals surface area contributed by atoms with E-state index in [0.717, 1.165) is 22.5 Å². The Kier molecular flexibility index (Phi) is 6.70. The van der Waals surface area contributed by atoms with Gasteiger partial charge in [-0.2, -0.15) is 13.2 Å². The summed E-state index contributed by atoms with van der Waals surface area (Å²) in [6.07, 6.45) is -2.63. The Labute approximate surface area is 205 Å². The van der Waals surface area contributed by atoms with Gasteiger partial charge in [-0.15, -0.1) is 0 Å². The Morgan fingerprint density at radius 3 is 2.46 bits per heavy atom. The molecule has 0 amide bonds. The summed E-state index contributed by atoms with van der Waals surface area (Å²) < 4.78 is 81.8. The minimum Gasteiger partial charge on any atom is -0.391 e. The standard InChI is InChI=1S/C25H20ClF4NO3S/c1-15-24(32)13-17-10-8-16(9-11-20-21(26)6-3-7-22(20)27)12-23(17)31(15)35(33,34)19-5-2-4-18(14-19)25(28,29)30/h2-12,14-15,24,32H,13H2,1H3/b11-9+/t15-,24+/m1/s1. The van der Waals surface area contributed by atoms with Gasteiger partial charge in [0.05, 0.1) is 33.3 Å². The van der Waals surface area contributed by atoms with Gasteiger partial charge in [0, 0.05) is 12.0 Å². The molecule has 1 N–H and O–H groups in total. The van der Waals surface area contributed by atoms with E-state index in [4.69, 9.17) is 11.6 Å². The minimum atomic E-state index is -4.72. The second kappa shape index (κ2) is 9.29. The molecule has 0 radical (unpaired) electrons. The predicted octanol–water partition coefficient (Wildman–Crippen LogP) is 6.17. The van der Waals surface area contributed by atoms with Gasteiger partial charge >= 0.3 is 6.18 Å². The molecule has 2 atom stereocenters. The molecule has 1 aliphatic heterocycles. The van der Waals surface area contributed by atoms with E-state index in [1.165, 1.54) is 37.3 Å². The monoisotopic (exact) mass is 525 g/mol. The van der Waals surface area contributed by atoms with Gasteiger partial charge in [-0.3, -0.25) is 4.31 Å². The van der Waals surface area contributed by atoms with Crippen LogP contribution in [0.3, 0.4) is 0 Å². The molecular weight excluding hydrogens is 506 g/mol. The molecule has 0 spiro atoms. The van der Waals surface area contributed by atoms with Crippen LogP contribution in [0.1, 0.15) is 29.2 Å². The summed E-state index contributed by atoms with van der Waals surface area (Å²) in [5.74, 6) is -0.530. The zero-order valence-corrected chi connectivity index (χ0v) is 19.9. The molecule has 1 aliphatic rings. The average molecular weight is 526 g/mol. The first-order valence-electron chi connectivity index (χ1n) is 10.5. The van der Waals surface area contributed by atoms with Crippen LogP contribution >= 0.6 is 11.6 Å². The Morgan fingerprint density at radius 2 is 1.77 bits per heavy atom. The number of anilines is 1. The van der Waals surface area contributed by atoms with Crippen molar-refractivity contribution in [3.8, 4) is 0 Å². The van der Waals surface area contributed by atoms with E-state index in [-0.39, 0.29) is 22.7 Å². The lowest BCUT2D eigenvalue weighted by atomic mass is 9.95. The number of benzene rings is 3. The number of aliphatic hydroxyl groups excluding tert-OH is 1. The molecule has 184 valence electrons. The van der Waals surface area contributed by atoms with Crippen molar-refractivity contribution in [3.63, 3.8) is 0 Å². The maximum Gasteiger partial charge on any atom is 0.416 e. The zero-order valence-electron chi connectivity index (χ0n) is 18.3. The number of fused-ring (bicyclic) bond motifs is 1. The number of alkyl halides is 3. The highest BCUT2D eigenvalue weighted by molar-refractivity contribution is 7.92. The van der Waals surface area contributed by atoms with Gasteiger partial charge in [-0.25, -0.2) is 12.8 Å². The summed E-state index contributed by atoms with van der Waals surface area (Å²) >= 11 is 6.06. The molecule has 0 unspecified atom stereocenters. The maximum absolute atomic E-state index is 14.1. The van der Waals surface area contributed by atoms with E-state index in [0.29, 0.717) is 17.2 Å². The van der Waals surface area contributed by atoms with Crippen LogP contribution in [0, 0.1) is 5.82 Å². The van der Waals surface area contributed by atoms with Gasteiger partial charge < -0.3 is 5.11 Å². The molecule has 3 aromatic rings. The van der Waals surface area contributed by atoms with Crippen molar-refractivity contribution in [1.82, 2.24) is 0 Å². The second-order valence-corrected chi connectivity index (χ2v) is 10.4. The van der Waals surface area contributed by atoms with Gasteiger partial charge in [0.2, 0.25) is 0 Å². The minimum absolute atomic E-state index is 0.157. The number of nitrogens with zero attached hydrogens (tertiary/aromatic N) is 1. The van der Waals surface area contributed by atoms with Crippen molar-refractivity contribution in [1.29, 1.82) is 0 Å². The third-order valence-corrected chi connectivity index (χ3v) is 8.09. The number of aliphatic hydroxyl groups is 1. The highest BCUT2D eigenvalue weighted by atomic mass is 35.5. The third-order valence-electron chi connectivity index (χ3n) is 5.86. The van der Waals surface area contributed by atoms with Crippen LogP contribution in [-0.2, 0) is 22.6 Å². The fourth-order valence-electron chi connectivity index (χ4n) is 3.98. The predicted molar refractivity (Wildman–Crippen MR) is 127 cm³/mol. The van der Waals surface area contributed by atoms with Gasteiger partial charge in [-0.05, 0) is 60.5 Å². The molecule has 4 rings (SSSR count). The molecule has 3 aromatic carbocycles. The number of hydrogen-bond acceptors (Lipinski definition) is 3. The molecule has 0 aliphatic carbocycles. The second-order valence-electron chi connectivity index (χ2n) is 8.20. The Morgan fingerprint density at radius 1 is 1.06 bits per heavy atom.